The van der Waals surface area contributed by atoms with E-state index in [0.717, 1.165) is 6.42 Å². The maximum atomic E-state index is 8.08. The van der Waals surface area contributed by atoms with E-state index < -0.39 is 0 Å². The predicted octanol–water partition coefficient (Wildman–Crippen LogP) is 1.18. The molecule has 1 aromatic rings. The van der Waals surface area contributed by atoms with Crippen molar-refractivity contribution in [1.82, 2.24) is 15.1 Å². The number of nitrogens with zero attached hydrogens (tertiary/aromatic N) is 2. The minimum absolute atomic E-state index is 0.0748. The highest BCUT2D eigenvalue weighted by molar-refractivity contribution is 5.89. The van der Waals surface area contributed by atoms with Gasteiger partial charge in [0.15, 0.2) is 0 Å². The summed E-state index contributed by atoms with van der Waals surface area (Å²) in [6.45, 7) is 5.30. The van der Waals surface area contributed by atoms with Crippen LogP contribution in [0.2, 0.25) is 0 Å². The minimum Gasteiger partial charge on any atom is -0.471 e. The van der Waals surface area contributed by atoms with Gasteiger partial charge in [-0.3, -0.25) is 10.1 Å². The molecule has 2 N–H and O–H groups in total. The van der Waals surface area contributed by atoms with Crippen LogP contribution in [-0.4, -0.2) is 48.1 Å². The monoisotopic (exact) mass is 266 g/mol. The Hall–Kier alpha value is -1.40. The molecule has 1 aliphatic rings. The smallest absolute Gasteiger partial charge is 0.232 e. The van der Waals surface area contributed by atoms with Crippen LogP contribution in [0.4, 0.5) is 0 Å². The molecule has 1 saturated heterocycles. The molecule has 2 rings (SSSR count). The lowest BCUT2D eigenvalue weighted by atomic mass is 10.1. The van der Waals surface area contributed by atoms with Gasteiger partial charge in [-0.1, -0.05) is 0 Å². The summed E-state index contributed by atoms with van der Waals surface area (Å²) in [4.78, 5) is 0. The van der Waals surface area contributed by atoms with Crippen LogP contribution in [0.1, 0.15) is 32.0 Å². The van der Waals surface area contributed by atoms with Gasteiger partial charge in [0.25, 0.3) is 0 Å². The van der Waals surface area contributed by atoms with E-state index in [1.807, 2.05) is 27.0 Å². The molecule has 0 bridgehead atoms. The number of likely N-dealkylation sites (N-methyl/N-ethyl adjacent to an activating group) is 1. The first-order valence-corrected chi connectivity index (χ1v) is 6.66. The molecule has 0 aromatic carbocycles. The average Bonchev–Trinajstić information content (AvgIpc) is 2.88. The van der Waals surface area contributed by atoms with Crippen LogP contribution in [0.5, 0.6) is 0 Å². The van der Waals surface area contributed by atoms with Gasteiger partial charge in [0.2, 0.25) is 5.90 Å². The average molecular weight is 266 g/mol. The highest BCUT2D eigenvalue weighted by Crippen LogP contribution is 2.15. The molecule has 0 saturated carbocycles. The van der Waals surface area contributed by atoms with Gasteiger partial charge in [-0.25, -0.2) is 0 Å². The fourth-order valence-electron chi connectivity index (χ4n) is 2.21. The molecule has 0 radical (unpaired) electrons. The Balaban J connectivity index is 1.98. The lowest BCUT2D eigenvalue weighted by molar-refractivity contribution is -0.0153. The number of aromatic nitrogens is 2. The van der Waals surface area contributed by atoms with Crippen molar-refractivity contribution in [2.24, 2.45) is 0 Å². The summed E-state index contributed by atoms with van der Waals surface area (Å²) in [5, 5.41) is 15.5. The first-order valence-electron chi connectivity index (χ1n) is 6.66. The Morgan fingerprint density at radius 1 is 1.58 bits per heavy atom. The fourth-order valence-corrected chi connectivity index (χ4v) is 2.21. The lowest BCUT2D eigenvalue weighted by Crippen LogP contribution is -2.42. The molecule has 1 fully saturated rings. The Kier molecular flexibility index (Phi) is 4.55. The molecule has 0 unspecified atom stereocenters. The highest BCUT2D eigenvalue weighted by Gasteiger charge is 2.25. The van der Waals surface area contributed by atoms with Crippen LogP contribution in [0.3, 0.4) is 0 Å². The fraction of sp³-hybridized carbons (Fsp3) is 0.692. The standard InChI is InChI=1S/C13H22N4O2/c1-9(2)17-12(4-5-16-17)13(14)19-11-6-10(15-3)7-18-8-11/h4-5,9-11,14-15H,6-8H2,1-3H3/t10-,11-/m1/s1. The van der Waals surface area contributed by atoms with Gasteiger partial charge in [-0.15, -0.1) is 0 Å². The maximum absolute atomic E-state index is 8.08. The Bertz CT molecular complexity index is 430. The summed E-state index contributed by atoms with van der Waals surface area (Å²) < 4.78 is 13.0. The van der Waals surface area contributed by atoms with E-state index >= 15 is 0 Å². The van der Waals surface area contributed by atoms with E-state index in [1.165, 1.54) is 0 Å². The molecule has 0 amide bonds. The van der Waals surface area contributed by atoms with Gasteiger partial charge < -0.3 is 14.8 Å². The first-order chi connectivity index (χ1) is 9.11. The quantitative estimate of drug-likeness (QED) is 0.634. The summed E-state index contributed by atoms with van der Waals surface area (Å²) in [7, 11) is 1.91. The number of hydrogen-bond acceptors (Lipinski definition) is 5. The van der Waals surface area contributed by atoms with Gasteiger partial charge in [0.05, 0.1) is 13.2 Å². The van der Waals surface area contributed by atoms with Crippen molar-refractivity contribution >= 4 is 5.90 Å². The van der Waals surface area contributed by atoms with E-state index in [9.17, 15) is 0 Å². The van der Waals surface area contributed by atoms with Gasteiger partial charge in [0, 0.05) is 24.7 Å². The third-order valence-corrected chi connectivity index (χ3v) is 3.26. The third kappa shape index (κ3) is 3.33. The molecule has 2 heterocycles. The van der Waals surface area contributed by atoms with Crippen molar-refractivity contribution in [2.75, 3.05) is 20.3 Å². The Morgan fingerprint density at radius 2 is 2.37 bits per heavy atom. The number of rotatable bonds is 4. The number of ether oxygens (including phenoxy) is 2. The molecule has 0 spiro atoms. The van der Waals surface area contributed by atoms with Crippen molar-refractivity contribution in [1.29, 1.82) is 5.41 Å². The second kappa shape index (κ2) is 6.16. The summed E-state index contributed by atoms with van der Waals surface area (Å²) in [5.74, 6) is 0.163. The molecule has 0 aliphatic carbocycles. The Labute approximate surface area is 113 Å². The molecule has 6 nitrogen and oxygen atoms in total. The van der Waals surface area contributed by atoms with Crippen LogP contribution in [0.25, 0.3) is 0 Å². The number of hydrogen-bond donors (Lipinski definition) is 2. The van der Waals surface area contributed by atoms with Crippen molar-refractivity contribution in [3.63, 3.8) is 0 Å². The molecule has 1 aliphatic heterocycles. The normalized spacial score (nSPS) is 23.6. The van der Waals surface area contributed by atoms with E-state index in [0.29, 0.717) is 24.9 Å². The lowest BCUT2D eigenvalue weighted by Gasteiger charge is -2.29. The molecule has 6 heteroatoms. The SMILES string of the molecule is CN[C@H]1COC[C@H](OC(=N)c2ccnn2C(C)C)C1. The zero-order valence-corrected chi connectivity index (χ0v) is 11.7. The largest absolute Gasteiger partial charge is 0.471 e. The third-order valence-electron chi connectivity index (χ3n) is 3.26. The number of nitrogens with one attached hydrogen (secondary N) is 2. The molecule has 1 aromatic heterocycles. The van der Waals surface area contributed by atoms with E-state index in [2.05, 4.69) is 10.4 Å². The van der Waals surface area contributed by atoms with Gasteiger partial charge >= 0.3 is 0 Å². The maximum Gasteiger partial charge on any atom is 0.232 e. The summed E-state index contributed by atoms with van der Waals surface area (Å²) >= 11 is 0. The van der Waals surface area contributed by atoms with E-state index in [1.54, 1.807) is 10.9 Å². The molecular weight excluding hydrogens is 244 g/mol. The predicted molar refractivity (Wildman–Crippen MR) is 72.6 cm³/mol. The van der Waals surface area contributed by atoms with Crippen LogP contribution < -0.4 is 5.32 Å². The molecule has 19 heavy (non-hydrogen) atoms. The second-order valence-corrected chi connectivity index (χ2v) is 5.08. The zero-order chi connectivity index (χ0) is 13.8. The van der Waals surface area contributed by atoms with Crippen molar-refractivity contribution in [2.45, 2.75) is 38.5 Å². The summed E-state index contributed by atoms with van der Waals surface area (Å²) in [6, 6.07) is 2.31. The van der Waals surface area contributed by atoms with Crippen LogP contribution in [0, 0.1) is 5.41 Å². The van der Waals surface area contributed by atoms with Gasteiger partial charge in [-0.2, -0.15) is 5.10 Å². The molecule has 106 valence electrons. The topological polar surface area (TPSA) is 72.2 Å². The van der Waals surface area contributed by atoms with Crippen molar-refractivity contribution in [3.05, 3.63) is 18.0 Å². The first kappa shape index (κ1) is 14.0. The van der Waals surface area contributed by atoms with Crippen molar-refractivity contribution in [3.8, 4) is 0 Å². The summed E-state index contributed by atoms with van der Waals surface area (Å²) in [6.07, 6.45) is 2.48. The molecular formula is C13H22N4O2. The zero-order valence-electron chi connectivity index (χ0n) is 11.7. The summed E-state index contributed by atoms with van der Waals surface area (Å²) in [5.41, 5.74) is 0.710. The van der Waals surface area contributed by atoms with Crippen molar-refractivity contribution < 1.29 is 9.47 Å². The Morgan fingerprint density at radius 3 is 3.05 bits per heavy atom. The highest BCUT2D eigenvalue weighted by atomic mass is 16.5. The van der Waals surface area contributed by atoms with E-state index in [-0.39, 0.29) is 18.0 Å². The van der Waals surface area contributed by atoms with Gasteiger partial charge in [0.1, 0.15) is 11.8 Å². The second-order valence-electron chi connectivity index (χ2n) is 5.08. The van der Waals surface area contributed by atoms with Crippen LogP contribution >= 0.6 is 0 Å². The van der Waals surface area contributed by atoms with E-state index in [4.69, 9.17) is 14.9 Å². The van der Waals surface area contributed by atoms with Crippen LogP contribution in [0.15, 0.2) is 12.3 Å². The van der Waals surface area contributed by atoms with Gasteiger partial charge in [-0.05, 0) is 27.0 Å². The minimum atomic E-state index is -0.0748. The van der Waals surface area contributed by atoms with Crippen LogP contribution in [-0.2, 0) is 9.47 Å². The molecule has 2 atom stereocenters.